The second-order valence-corrected chi connectivity index (χ2v) is 6.79. The number of likely N-dealkylation sites (tertiary alicyclic amines) is 1. The van der Waals surface area contributed by atoms with Gasteiger partial charge in [-0.1, -0.05) is 25.4 Å². The summed E-state index contributed by atoms with van der Waals surface area (Å²) in [7, 11) is 0. The fourth-order valence-corrected chi connectivity index (χ4v) is 2.86. The predicted molar refractivity (Wildman–Crippen MR) is 87.9 cm³/mol. The molecule has 1 aromatic rings. The molecule has 0 radical (unpaired) electrons. The Kier molecular flexibility index (Phi) is 5.99. The summed E-state index contributed by atoms with van der Waals surface area (Å²) < 4.78 is 13.7. The van der Waals surface area contributed by atoms with Crippen molar-refractivity contribution in [2.24, 2.45) is 5.92 Å². The monoisotopic (exact) mass is 340 g/mol. The summed E-state index contributed by atoms with van der Waals surface area (Å²) in [5, 5.41) is 3.15. The van der Waals surface area contributed by atoms with Gasteiger partial charge in [-0.15, -0.1) is 0 Å². The van der Waals surface area contributed by atoms with Gasteiger partial charge in [-0.25, -0.2) is 4.39 Å². The molecule has 0 spiro atoms. The molecule has 1 heterocycles. The third-order valence-electron chi connectivity index (χ3n) is 3.94. The molecule has 1 N–H and O–H groups in total. The zero-order valence-corrected chi connectivity index (χ0v) is 14.2. The van der Waals surface area contributed by atoms with Gasteiger partial charge in [0.15, 0.2) is 0 Å². The van der Waals surface area contributed by atoms with Crippen molar-refractivity contribution in [3.05, 3.63) is 34.6 Å². The van der Waals surface area contributed by atoms with E-state index < -0.39 is 11.7 Å². The Morgan fingerprint density at radius 3 is 2.61 bits per heavy atom. The Morgan fingerprint density at radius 1 is 1.35 bits per heavy atom. The highest BCUT2D eigenvalue weighted by atomic mass is 35.5. The molecule has 1 aromatic carbocycles. The van der Waals surface area contributed by atoms with Gasteiger partial charge in [-0.05, 0) is 37.0 Å². The molecule has 0 saturated carbocycles. The van der Waals surface area contributed by atoms with Crippen LogP contribution in [0, 0.1) is 11.7 Å². The van der Waals surface area contributed by atoms with Crippen LogP contribution in [0.3, 0.4) is 0 Å². The van der Waals surface area contributed by atoms with Gasteiger partial charge < -0.3 is 10.2 Å². The molecule has 1 saturated heterocycles. The van der Waals surface area contributed by atoms with Crippen LogP contribution < -0.4 is 5.32 Å². The highest BCUT2D eigenvalue weighted by molar-refractivity contribution is 6.31. The van der Waals surface area contributed by atoms with Crippen LogP contribution in [0.4, 0.5) is 4.39 Å². The van der Waals surface area contributed by atoms with Crippen molar-refractivity contribution < 1.29 is 14.0 Å². The molecule has 0 aromatic heterocycles. The summed E-state index contributed by atoms with van der Waals surface area (Å²) in [6.07, 6.45) is 1.90. The molecule has 2 rings (SSSR count). The molecule has 0 unspecified atom stereocenters. The average Bonchev–Trinajstić information content (AvgIpc) is 2.49. The van der Waals surface area contributed by atoms with E-state index in [9.17, 15) is 14.0 Å². The molecular formula is C17H22ClFN2O2. The van der Waals surface area contributed by atoms with E-state index in [2.05, 4.69) is 5.32 Å². The molecule has 0 aliphatic carbocycles. The van der Waals surface area contributed by atoms with Gasteiger partial charge in [0.2, 0.25) is 5.91 Å². The Balaban J connectivity index is 1.88. The van der Waals surface area contributed by atoms with Gasteiger partial charge in [-0.3, -0.25) is 9.59 Å². The quantitative estimate of drug-likeness (QED) is 0.914. The van der Waals surface area contributed by atoms with E-state index in [-0.39, 0.29) is 17.5 Å². The van der Waals surface area contributed by atoms with E-state index in [1.807, 2.05) is 18.7 Å². The summed E-state index contributed by atoms with van der Waals surface area (Å²) in [6, 6.07) is 3.87. The average molecular weight is 341 g/mol. The second-order valence-electron chi connectivity index (χ2n) is 6.35. The van der Waals surface area contributed by atoms with Crippen LogP contribution in [0.25, 0.3) is 0 Å². The lowest BCUT2D eigenvalue weighted by Crippen LogP contribution is -2.46. The van der Waals surface area contributed by atoms with Crippen LogP contribution >= 0.6 is 11.6 Å². The third-order valence-corrected chi connectivity index (χ3v) is 4.17. The maximum absolute atomic E-state index is 13.7. The fraction of sp³-hybridized carbons (Fsp3) is 0.529. The van der Waals surface area contributed by atoms with Gasteiger partial charge in [0.25, 0.3) is 5.91 Å². The minimum atomic E-state index is -0.587. The number of hydrogen-bond acceptors (Lipinski definition) is 2. The molecule has 1 aliphatic heterocycles. The molecule has 0 bridgehead atoms. The normalized spacial score (nSPS) is 15.8. The van der Waals surface area contributed by atoms with Crippen molar-refractivity contribution in [3.63, 3.8) is 0 Å². The minimum absolute atomic E-state index is 0.0455. The fourth-order valence-electron chi connectivity index (χ4n) is 2.69. The summed E-state index contributed by atoms with van der Waals surface area (Å²) in [4.78, 5) is 26.0. The molecule has 6 heteroatoms. The Labute approximate surface area is 141 Å². The maximum Gasteiger partial charge on any atom is 0.254 e. The first kappa shape index (κ1) is 17.7. The molecule has 4 nitrogen and oxygen atoms in total. The van der Waals surface area contributed by atoms with Gasteiger partial charge in [0, 0.05) is 30.6 Å². The Hall–Kier alpha value is -1.62. The van der Waals surface area contributed by atoms with E-state index in [1.54, 1.807) is 0 Å². The minimum Gasteiger partial charge on any atom is -0.349 e. The van der Waals surface area contributed by atoms with E-state index in [4.69, 9.17) is 11.6 Å². The van der Waals surface area contributed by atoms with Crippen molar-refractivity contribution >= 4 is 23.4 Å². The topological polar surface area (TPSA) is 49.4 Å². The lowest BCUT2D eigenvalue weighted by Gasteiger charge is -2.33. The van der Waals surface area contributed by atoms with Gasteiger partial charge in [-0.2, -0.15) is 0 Å². The number of amides is 2. The number of carbonyl (C=O) groups excluding carboxylic acids is 2. The number of carbonyl (C=O) groups is 2. The summed E-state index contributed by atoms with van der Waals surface area (Å²) in [5.41, 5.74) is -0.0455. The highest BCUT2D eigenvalue weighted by Gasteiger charge is 2.25. The number of piperidine rings is 1. The molecular weight excluding hydrogens is 319 g/mol. The van der Waals surface area contributed by atoms with Crippen molar-refractivity contribution in [2.75, 3.05) is 13.1 Å². The van der Waals surface area contributed by atoms with Crippen LogP contribution in [0.1, 0.15) is 43.5 Å². The summed E-state index contributed by atoms with van der Waals surface area (Å²) in [6.45, 7) is 5.28. The van der Waals surface area contributed by atoms with E-state index in [0.717, 1.165) is 0 Å². The zero-order valence-electron chi connectivity index (χ0n) is 13.4. The zero-order chi connectivity index (χ0) is 17.0. The Bertz CT molecular complexity index is 584. The van der Waals surface area contributed by atoms with Crippen molar-refractivity contribution in [3.8, 4) is 0 Å². The molecule has 0 atom stereocenters. The SMILES string of the molecule is CC(C)CC(=O)N1CCC(NC(=O)c2cc(Cl)ccc2F)CC1. The highest BCUT2D eigenvalue weighted by Crippen LogP contribution is 2.17. The van der Waals surface area contributed by atoms with Gasteiger partial charge >= 0.3 is 0 Å². The Morgan fingerprint density at radius 2 is 2.00 bits per heavy atom. The largest absolute Gasteiger partial charge is 0.349 e. The van der Waals surface area contributed by atoms with Crippen molar-refractivity contribution in [1.29, 1.82) is 0 Å². The van der Waals surface area contributed by atoms with Crippen LogP contribution in [-0.4, -0.2) is 35.8 Å². The third kappa shape index (κ3) is 4.93. The first-order valence-corrected chi connectivity index (χ1v) is 8.28. The smallest absolute Gasteiger partial charge is 0.254 e. The molecule has 126 valence electrons. The summed E-state index contributed by atoms with van der Waals surface area (Å²) in [5.74, 6) is -0.551. The van der Waals surface area contributed by atoms with Crippen LogP contribution in [0.5, 0.6) is 0 Å². The lowest BCUT2D eigenvalue weighted by molar-refractivity contribution is -0.133. The van der Waals surface area contributed by atoms with Crippen LogP contribution in [0.2, 0.25) is 5.02 Å². The van der Waals surface area contributed by atoms with Crippen LogP contribution in [0.15, 0.2) is 18.2 Å². The second kappa shape index (κ2) is 7.77. The van der Waals surface area contributed by atoms with E-state index in [0.29, 0.717) is 43.3 Å². The van der Waals surface area contributed by atoms with E-state index >= 15 is 0 Å². The van der Waals surface area contributed by atoms with Gasteiger partial charge in [0.1, 0.15) is 5.82 Å². The number of hydrogen-bond donors (Lipinski definition) is 1. The predicted octanol–water partition coefficient (Wildman–Crippen LogP) is 3.25. The van der Waals surface area contributed by atoms with Crippen LogP contribution in [-0.2, 0) is 4.79 Å². The van der Waals surface area contributed by atoms with Crippen molar-refractivity contribution in [2.45, 2.75) is 39.2 Å². The van der Waals surface area contributed by atoms with Crippen molar-refractivity contribution in [1.82, 2.24) is 10.2 Å². The number of nitrogens with zero attached hydrogens (tertiary/aromatic N) is 1. The lowest BCUT2D eigenvalue weighted by atomic mass is 10.0. The number of halogens is 2. The van der Waals surface area contributed by atoms with E-state index in [1.165, 1.54) is 18.2 Å². The summed E-state index contributed by atoms with van der Waals surface area (Å²) >= 11 is 5.81. The molecule has 2 amide bonds. The first-order valence-electron chi connectivity index (χ1n) is 7.90. The number of nitrogens with one attached hydrogen (secondary N) is 1. The van der Waals surface area contributed by atoms with Gasteiger partial charge in [0.05, 0.1) is 5.56 Å². The molecule has 1 aliphatic rings. The number of rotatable bonds is 4. The first-order chi connectivity index (χ1) is 10.9. The molecule has 23 heavy (non-hydrogen) atoms. The maximum atomic E-state index is 13.7. The number of benzene rings is 1. The standard InChI is InChI=1S/C17H22ClFN2O2/c1-11(2)9-16(22)21-7-5-13(6-8-21)20-17(23)14-10-12(18)3-4-15(14)19/h3-4,10-11,13H,5-9H2,1-2H3,(H,20,23). The molecule has 1 fully saturated rings.